The summed E-state index contributed by atoms with van der Waals surface area (Å²) in [5, 5.41) is 23.1. The summed E-state index contributed by atoms with van der Waals surface area (Å²) in [5.74, 6) is -4.50. The smallest absolute Gasteiger partial charge is 0.410 e. The van der Waals surface area contributed by atoms with Gasteiger partial charge in [-0.1, -0.05) is 38.1 Å². The van der Waals surface area contributed by atoms with Crippen molar-refractivity contribution >= 4 is 41.6 Å². The van der Waals surface area contributed by atoms with Crippen molar-refractivity contribution in [3.63, 3.8) is 0 Å². The minimum absolute atomic E-state index is 0.0962. The molecule has 0 spiro atoms. The van der Waals surface area contributed by atoms with Gasteiger partial charge in [0.05, 0.1) is 36.1 Å². The maximum atomic E-state index is 14.4. The number of anilines is 1. The third kappa shape index (κ3) is 12.1. The summed E-state index contributed by atoms with van der Waals surface area (Å²) in [4.78, 5) is 59.9. The number of halogens is 1. The Kier molecular flexibility index (Phi) is 18.4. The van der Waals surface area contributed by atoms with Crippen molar-refractivity contribution in [2.24, 2.45) is 17.8 Å². The monoisotopic (exact) mass is 907 g/mol. The molecule has 3 fully saturated rings. The van der Waals surface area contributed by atoms with Crippen LogP contribution in [0.1, 0.15) is 87.5 Å². The van der Waals surface area contributed by atoms with Gasteiger partial charge in [0.2, 0.25) is 5.91 Å². The Hall–Kier alpha value is -3.88. The Morgan fingerprint density at radius 2 is 1.76 bits per heavy atom. The van der Waals surface area contributed by atoms with Gasteiger partial charge in [-0.3, -0.25) is 24.0 Å². The summed E-state index contributed by atoms with van der Waals surface area (Å²) >= 11 is 0.250. The third-order valence-corrected chi connectivity index (χ3v) is 12.8. The van der Waals surface area contributed by atoms with Gasteiger partial charge in [-0.05, 0) is 93.0 Å². The van der Waals surface area contributed by atoms with Crippen LogP contribution in [-0.2, 0) is 44.6 Å². The number of cyclic esters (lactones) is 1. The lowest BCUT2D eigenvalue weighted by molar-refractivity contribution is -0.295. The van der Waals surface area contributed by atoms with E-state index in [9.17, 15) is 28.2 Å². The number of aromatic nitrogens is 3. The van der Waals surface area contributed by atoms with Gasteiger partial charge in [0.1, 0.15) is 23.8 Å². The number of aryl methyl sites for hydroxylation is 1. The minimum atomic E-state index is -1.40. The Labute approximate surface area is 375 Å². The number of nitrogens with two attached hydrogens (primary N) is 1. The number of esters is 1. The predicted octanol–water partition coefficient (Wildman–Crippen LogP) is 5.04. The number of nitrogens with one attached hydrogen (secondary N) is 1. The van der Waals surface area contributed by atoms with Crippen molar-refractivity contribution in [2.75, 3.05) is 39.7 Å². The number of hydrogen-bond acceptors (Lipinski definition) is 15. The number of carbonyl (C=O) groups is 4. The molecule has 2 aromatic rings. The zero-order valence-corrected chi connectivity index (χ0v) is 39.7. The molecule has 13 atom stereocenters. The number of amides is 2. The van der Waals surface area contributed by atoms with E-state index >= 15 is 0 Å². The molecule has 354 valence electrons. The van der Waals surface area contributed by atoms with Crippen LogP contribution in [-0.4, -0.2) is 148 Å². The van der Waals surface area contributed by atoms with E-state index in [1.54, 1.807) is 43.3 Å². The number of rotatable bonds is 11. The number of benzene rings is 1. The molecule has 0 saturated carbocycles. The van der Waals surface area contributed by atoms with Gasteiger partial charge in [-0.2, -0.15) is 3.89 Å². The highest BCUT2D eigenvalue weighted by molar-refractivity contribution is 7.93. The standard InChI is InChI=1S/C43H67N7O10.CH3FS/c1-12-33-43(8)36(50(41(55)60-43)19-14-13-18-49-23-31(46-47-49)29-16-15-17-30(44)21-29)28(6)45-38(53)24(2)22-42(7,56-11)37(26(4)34(51)27(5)39(54)58-33)59-40-35(52)32(48(9)10)20-25(3)57-40;1-3-2/h15-17,21,23-28,32-33,35-37,40,52H,12-14,18-20,22,44H2,1-11H3,(H,45,53);1H3/t24-,25-,26+,27-,28-,32?,33-,35?,36-,37-,40+,42-,43-;/m1./s1. The number of nitrogen functional groups attached to an aromatic ring is 1. The second-order valence-corrected chi connectivity index (χ2v) is 18.1. The topological polar surface area (TPSA) is 210 Å². The van der Waals surface area contributed by atoms with Crippen molar-refractivity contribution in [1.29, 1.82) is 0 Å². The molecule has 5 rings (SSSR count). The molecule has 0 bridgehead atoms. The zero-order chi connectivity index (χ0) is 47.0. The average molecular weight is 908 g/mol. The molecule has 2 unspecified atom stereocenters. The van der Waals surface area contributed by atoms with Gasteiger partial charge in [0, 0.05) is 67.7 Å². The molecule has 3 aliphatic rings. The van der Waals surface area contributed by atoms with Crippen LogP contribution in [0.15, 0.2) is 30.5 Å². The van der Waals surface area contributed by atoms with Crippen molar-refractivity contribution in [3.8, 4) is 11.3 Å². The third-order valence-electron chi connectivity index (χ3n) is 12.8. The largest absolute Gasteiger partial charge is 0.458 e. The number of Topliss-reactive ketones (excluding diaryl/α,β-unsaturated/α-hetero) is 1. The molecule has 4 heterocycles. The number of aliphatic hydroxyl groups excluding tert-OH is 1. The molecule has 1 aromatic carbocycles. The number of ketones is 1. The molecule has 63 heavy (non-hydrogen) atoms. The number of ether oxygens (including phenoxy) is 5. The number of fused-ring (bicyclic) bond motifs is 1. The molecule has 1 aromatic heterocycles. The second-order valence-electron chi connectivity index (χ2n) is 17.8. The van der Waals surface area contributed by atoms with Gasteiger partial charge in [0.25, 0.3) is 0 Å². The molecular formula is C44H70FN7O10S. The van der Waals surface area contributed by atoms with Crippen molar-refractivity contribution < 1.29 is 51.9 Å². The molecule has 3 aliphatic heterocycles. The Balaban J connectivity index is 0.00000282. The molecule has 0 radical (unpaired) electrons. The maximum absolute atomic E-state index is 14.4. The van der Waals surface area contributed by atoms with Crippen LogP contribution in [0.2, 0.25) is 0 Å². The van der Waals surface area contributed by atoms with E-state index in [1.165, 1.54) is 20.3 Å². The summed E-state index contributed by atoms with van der Waals surface area (Å²) < 4.78 is 43.1. The van der Waals surface area contributed by atoms with E-state index in [4.69, 9.17) is 29.4 Å². The predicted molar refractivity (Wildman–Crippen MR) is 237 cm³/mol. The van der Waals surface area contributed by atoms with E-state index in [-0.39, 0.29) is 49.6 Å². The minimum Gasteiger partial charge on any atom is -0.458 e. The number of unbranched alkanes of at least 4 members (excludes halogenated alkanes) is 1. The van der Waals surface area contributed by atoms with Crippen LogP contribution < -0.4 is 11.1 Å². The van der Waals surface area contributed by atoms with Crippen molar-refractivity contribution in [1.82, 2.24) is 30.1 Å². The summed E-state index contributed by atoms with van der Waals surface area (Å²) in [5.41, 5.74) is 5.45. The molecule has 4 N–H and O–H groups in total. The quantitative estimate of drug-likeness (QED) is 0.117. The molecule has 2 amide bonds. The highest BCUT2D eigenvalue weighted by Gasteiger charge is 2.59. The van der Waals surface area contributed by atoms with E-state index < -0.39 is 83.5 Å². The van der Waals surface area contributed by atoms with Gasteiger partial charge in [0.15, 0.2) is 17.7 Å². The average Bonchev–Trinajstić information content (AvgIpc) is 3.81. The van der Waals surface area contributed by atoms with E-state index in [0.29, 0.717) is 37.2 Å². The Bertz CT molecular complexity index is 1860. The van der Waals surface area contributed by atoms with Crippen LogP contribution in [0.3, 0.4) is 0 Å². The molecule has 3 saturated heterocycles. The van der Waals surface area contributed by atoms with Crippen molar-refractivity contribution in [3.05, 3.63) is 30.5 Å². The fourth-order valence-corrected chi connectivity index (χ4v) is 9.34. The first-order valence-corrected chi connectivity index (χ1v) is 22.9. The molecule has 17 nitrogen and oxygen atoms in total. The fourth-order valence-electron chi connectivity index (χ4n) is 9.34. The highest BCUT2D eigenvalue weighted by Crippen LogP contribution is 2.40. The van der Waals surface area contributed by atoms with Gasteiger partial charge < -0.3 is 44.7 Å². The normalized spacial score (nSPS) is 34.5. The lowest BCUT2D eigenvalue weighted by Gasteiger charge is -2.46. The SMILES string of the molecule is CC[C@H]1OC(=O)[C@H](C)C(=O)[C@H](C)[C@@H](O[C@@H]2O[C@H](C)CC(N(C)C)C2O)[C@](C)(OC)C[C@@H](C)C(=O)N[C@H](C)[C@H]2N(CCCCn3cc(-c4cccc(N)c4)nn3)C(=O)O[C@]12C.CSF. The summed E-state index contributed by atoms with van der Waals surface area (Å²) in [6, 6.07) is 5.70. The van der Waals surface area contributed by atoms with Crippen LogP contribution >= 0.6 is 12.1 Å². The zero-order valence-electron chi connectivity index (χ0n) is 38.9. The summed E-state index contributed by atoms with van der Waals surface area (Å²) in [7, 11) is 5.21. The Morgan fingerprint density at radius 3 is 2.38 bits per heavy atom. The lowest BCUT2D eigenvalue weighted by Crippen LogP contribution is -2.61. The first-order valence-electron chi connectivity index (χ1n) is 21.8. The highest BCUT2D eigenvalue weighted by atomic mass is 32.2. The van der Waals surface area contributed by atoms with E-state index in [2.05, 4.69) is 15.6 Å². The fraction of sp³-hybridized carbons (Fsp3) is 0.727. The Morgan fingerprint density at radius 1 is 1.10 bits per heavy atom. The summed E-state index contributed by atoms with van der Waals surface area (Å²) in [6.07, 6.45) is 0.253. The van der Waals surface area contributed by atoms with Gasteiger partial charge >= 0.3 is 12.1 Å². The van der Waals surface area contributed by atoms with Crippen LogP contribution in [0, 0.1) is 17.8 Å². The number of likely N-dealkylation sites (N-methyl/N-ethyl adjacent to an activating group) is 1. The van der Waals surface area contributed by atoms with Crippen LogP contribution in [0.5, 0.6) is 0 Å². The van der Waals surface area contributed by atoms with Crippen LogP contribution in [0.4, 0.5) is 14.4 Å². The number of nitrogens with zero attached hydrogens (tertiary/aromatic N) is 5. The second kappa shape index (κ2) is 22.3. The van der Waals surface area contributed by atoms with Gasteiger partial charge in [-0.15, -0.1) is 5.10 Å². The van der Waals surface area contributed by atoms with Crippen LogP contribution in [0.25, 0.3) is 11.3 Å². The maximum Gasteiger partial charge on any atom is 0.410 e. The number of aliphatic hydroxyl groups is 1. The number of hydrogen-bond donors (Lipinski definition) is 3. The molecular weight excluding hydrogens is 838 g/mol. The van der Waals surface area contributed by atoms with Gasteiger partial charge in [-0.25, -0.2) is 4.79 Å². The number of carbonyl (C=O) groups excluding carboxylic acids is 4. The first kappa shape index (κ1) is 51.8. The molecule has 0 aliphatic carbocycles. The summed E-state index contributed by atoms with van der Waals surface area (Å²) in [6.45, 7) is 14.7. The van der Waals surface area contributed by atoms with E-state index in [1.807, 2.05) is 64.2 Å². The molecule has 19 heteroatoms. The lowest BCUT2D eigenvalue weighted by atomic mass is 9.78. The van der Waals surface area contributed by atoms with E-state index in [0.717, 1.165) is 5.56 Å². The number of methoxy groups -OCH3 is 1. The first-order chi connectivity index (χ1) is 29.7. The van der Waals surface area contributed by atoms with Crippen molar-refractivity contribution in [2.45, 2.75) is 154 Å².